The highest BCUT2D eigenvalue weighted by molar-refractivity contribution is 6.31. The Morgan fingerprint density at radius 3 is 2.78 bits per heavy atom. The molecule has 1 aliphatic carbocycles. The van der Waals surface area contributed by atoms with Gasteiger partial charge in [0.1, 0.15) is 5.65 Å². The van der Waals surface area contributed by atoms with Gasteiger partial charge < -0.3 is 15.4 Å². The maximum atomic E-state index is 14.2. The standard InChI is InChI=1S/C18H17ClFN5O2/c19-10-5-12-13(7-22-15(12)21-6-10)16-23-8-14(20)17(25-16)24-11-3-1-9(2-4-11)18(26)27/h5-9,11H,1-4H2,(H,21,22)(H,26,27)(H,23,24,25)/t9-,11-. The van der Waals surface area contributed by atoms with Crippen LogP contribution in [0.5, 0.6) is 0 Å². The number of hydrogen-bond donors (Lipinski definition) is 3. The van der Waals surface area contributed by atoms with Gasteiger partial charge in [-0.1, -0.05) is 11.6 Å². The lowest BCUT2D eigenvalue weighted by Crippen LogP contribution is -2.30. The SMILES string of the molecule is O=C(O)[C@H]1CC[C@H](Nc2nc(-c3c[nH]c4ncc(Cl)cc34)ncc2F)CC1. The molecule has 3 N–H and O–H groups in total. The van der Waals surface area contributed by atoms with Crippen LogP contribution in [0.1, 0.15) is 25.7 Å². The number of carbonyl (C=O) groups is 1. The van der Waals surface area contributed by atoms with Gasteiger partial charge in [-0.3, -0.25) is 4.79 Å². The fourth-order valence-corrected chi connectivity index (χ4v) is 3.60. The first-order valence-corrected chi connectivity index (χ1v) is 9.04. The number of hydrogen-bond acceptors (Lipinski definition) is 5. The molecule has 0 bridgehead atoms. The molecule has 0 saturated heterocycles. The van der Waals surface area contributed by atoms with Crippen molar-refractivity contribution in [2.24, 2.45) is 5.92 Å². The molecule has 1 aliphatic rings. The number of aliphatic carboxylic acids is 1. The molecule has 27 heavy (non-hydrogen) atoms. The first-order chi connectivity index (χ1) is 13.0. The van der Waals surface area contributed by atoms with Gasteiger partial charge in [0, 0.05) is 29.4 Å². The highest BCUT2D eigenvalue weighted by atomic mass is 35.5. The van der Waals surface area contributed by atoms with Gasteiger partial charge in [0.2, 0.25) is 0 Å². The number of nitrogens with one attached hydrogen (secondary N) is 2. The van der Waals surface area contributed by atoms with Crippen LogP contribution in [-0.4, -0.2) is 37.1 Å². The molecule has 4 rings (SSSR count). The van der Waals surface area contributed by atoms with E-state index in [0.717, 1.165) is 11.6 Å². The Hall–Kier alpha value is -2.74. The van der Waals surface area contributed by atoms with E-state index in [1.165, 1.54) is 6.20 Å². The molecule has 7 nitrogen and oxygen atoms in total. The summed E-state index contributed by atoms with van der Waals surface area (Å²) in [6.45, 7) is 0. The van der Waals surface area contributed by atoms with Crippen molar-refractivity contribution < 1.29 is 14.3 Å². The van der Waals surface area contributed by atoms with Gasteiger partial charge in [0.25, 0.3) is 0 Å². The van der Waals surface area contributed by atoms with E-state index in [4.69, 9.17) is 16.7 Å². The molecule has 3 aromatic heterocycles. The molecule has 0 unspecified atom stereocenters. The van der Waals surface area contributed by atoms with Gasteiger partial charge in [-0.2, -0.15) is 0 Å². The largest absolute Gasteiger partial charge is 0.481 e. The predicted octanol–water partition coefficient (Wildman–Crippen LogP) is 3.87. The number of aromatic amines is 1. The topological polar surface area (TPSA) is 104 Å². The number of nitrogens with zero attached hydrogens (tertiary/aromatic N) is 3. The number of rotatable bonds is 4. The smallest absolute Gasteiger partial charge is 0.306 e. The monoisotopic (exact) mass is 389 g/mol. The van der Waals surface area contributed by atoms with Gasteiger partial charge in [0.05, 0.1) is 17.1 Å². The third kappa shape index (κ3) is 3.57. The number of H-pyrrole nitrogens is 1. The van der Waals surface area contributed by atoms with E-state index in [-0.39, 0.29) is 17.8 Å². The van der Waals surface area contributed by atoms with Crippen LogP contribution in [0.4, 0.5) is 10.2 Å². The number of fused-ring (bicyclic) bond motifs is 1. The number of pyridine rings is 1. The van der Waals surface area contributed by atoms with Crippen molar-refractivity contribution in [3.63, 3.8) is 0 Å². The molecule has 3 heterocycles. The van der Waals surface area contributed by atoms with E-state index >= 15 is 0 Å². The number of halogens is 2. The van der Waals surface area contributed by atoms with Crippen LogP contribution in [0.15, 0.2) is 24.7 Å². The minimum atomic E-state index is -0.768. The van der Waals surface area contributed by atoms with Crippen LogP contribution in [0.25, 0.3) is 22.4 Å². The molecular weight excluding hydrogens is 373 g/mol. The molecule has 9 heteroatoms. The fraction of sp³-hybridized carbons (Fsp3) is 0.333. The van der Waals surface area contributed by atoms with Gasteiger partial charge in [0.15, 0.2) is 17.5 Å². The van der Waals surface area contributed by atoms with Crippen molar-refractivity contribution in [2.75, 3.05) is 5.32 Å². The zero-order valence-corrected chi connectivity index (χ0v) is 15.0. The molecule has 140 valence electrons. The summed E-state index contributed by atoms with van der Waals surface area (Å²) in [5, 5.41) is 13.4. The molecule has 3 aromatic rings. The summed E-state index contributed by atoms with van der Waals surface area (Å²) in [7, 11) is 0. The number of anilines is 1. The highest BCUT2D eigenvalue weighted by Gasteiger charge is 2.26. The van der Waals surface area contributed by atoms with E-state index in [0.29, 0.717) is 47.7 Å². The van der Waals surface area contributed by atoms with Crippen molar-refractivity contribution in [1.82, 2.24) is 19.9 Å². The van der Waals surface area contributed by atoms with Crippen molar-refractivity contribution >= 4 is 34.4 Å². The lowest BCUT2D eigenvalue weighted by atomic mass is 9.86. The Kier molecular flexibility index (Phi) is 4.65. The molecule has 1 fully saturated rings. The van der Waals surface area contributed by atoms with Crippen molar-refractivity contribution in [3.05, 3.63) is 35.5 Å². The van der Waals surface area contributed by atoms with E-state index in [1.807, 2.05) is 0 Å². The molecular formula is C18H17ClFN5O2. The summed E-state index contributed by atoms with van der Waals surface area (Å²) >= 11 is 6.02. The fourth-order valence-electron chi connectivity index (χ4n) is 3.44. The average molecular weight is 390 g/mol. The maximum absolute atomic E-state index is 14.2. The third-order valence-corrected chi connectivity index (χ3v) is 5.11. The third-order valence-electron chi connectivity index (χ3n) is 4.90. The van der Waals surface area contributed by atoms with E-state index in [1.54, 1.807) is 12.3 Å². The molecule has 0 aromatic carbocycles. The number of carboxylic acids is 1. The molecule has 0 atom stereocenters. The highest BCUT2D eigenvalue weighted by Crippen LogP contribution is 2.30. The Balaban J connectivity index is 1.58. The van der Waals surface area contributed by atoms with E-state index in [9.17, 15) is 9.18 Å². The maximum Gasteiger partial charge on any atom is 0.306 e. The van der Waals surface area contributed by atoms with Crippen LogP contribution in [0.3, 0.4) is 0 Å². The zero-order valence-electron chi connectivity index (χ0n) is 14.2. The van der Waals surface area contributed by atoms with Crippen LogP contribution in [0, 0.1) is 11.7 Å². The van der Waals surface area contributed by atoms with E-state index < -0.39 is 11.8 Å². The Bertz CT molecular complexity index is 1000. The average Bonchev–Trinajstić information content (AvgIpc) is 3.07. The van der Waals surface area contributed by atoms with Crippen LogP contribution in [0.2, 0.25) is 5.02 Å². The van der Waals surface area contributed by atoms with E-state index in [2.05, 4.69) is 25.3 Å². The van der Waals surface area contributed by atoms with Gasteiger partial charge >= 0.3 is 5.97 Å². The predicted molar refractivity (Wildman–Crippen MR) is 99.1 cm³/mol. The summed E-state index contributed by atoms with van der Waals surface area (Å²) < 4.78 is 14.2. The molecule has 0 spiro atoms. The lowest BCUT2D eigenvalue weighted by molar-refractivity contribution is -0.142. The second-order valence-corrected chi connectivity index (χ2v) is 7.11. The quantitative estimate of drug-likeness (QED) is 0.625. The zero-order chi connectivity index (χ0) is 19.0. The van der Waals surface area contributed by atoms with Crippen molar-refractivity contribution in [2.45, 2.75) is 31.7 Å². The summed E-state index contributed by atoms with van der Waals surface area (Å²) in [5.74, 6) is -1.17. The van der Waals surface area contributed by atoms with Gasteiger partial charge in [-0.15, -0.1) is 0 Å². The first-order valence-electron chi connectivity index (χ1n) is 8.66. The minimum Gasteiger partial charge on any atom is -0.481 e. The summed E-state index contributed by atoms with van der Waals surface area (Å²) in [5.41, 5.74) is 1.32. The second kappa shape index (κ2) is 7.11. The van der Waals surface area contributed by atoms with Crippen molar-refractivity contribution in [1.29, 1.82) is 0 Å². The van der Waals surface area contributed by atoms with Gasteiger partial charge in [-0.05, 0) is 31.7 Å². The van der Waals surface area contributed by atoms with Crippen LogP contribution in [-0.2, 0) is 4.79 Å². The molecule has 0 aliphatic heterocycles. The summed E-state index contributed by atoms with van der Waals surface area (Å²) in [4.78, 5) is 26.7. The minimum absolute atomic E-state index is 0.0167. The summed E-state index contributed by atoms with van der Waals surface area (Å²) in [6, 6.07) is 1.74. The Morgan fingerprint density at radius 1 is 1.26 bits per heavy atom. The Labute approximate surface area is 159 Å². The van der Waals surface area contributed by atoms with Crippen LogP contribution < -0.4 is 5.32 Å². The first kappa shape index (κ1) is 17.7. The lowest BCUT2D eigenvalue weighted by Gasteiger charge is -2.27. The molecule has 0 radical (unpaired) electrons. The molecule has 0 amide bonds. The van der Waals surface area contributed by atoms with Gasteiger partial charge in [-0.25, -0.2) is 19.3 Å². The number of carboxylic acid groups (broad SMARTS) is 1. The number of aromatic nitrogens is 4. The van der Waals surface area contributed by atoms with Crippen molar-refractivity contribution in [3.8, 4) is 11.4 Å². The van der Waals surface area contributed by atoms with Crippen LogP contribution >= 0.6 is 11.6 Å². The summed E-state index contributed by atoms with van der Waals surface area (Å²) in [6.07, 6.45) is 6.83. The normalized spacial score (nSPS) is 19.9. The molecule has 1 saturated carbocycles. The second-order valence-electron chi connectivity index (χ2n) is 6.67. The Morgan fingerprint density at radius 2 is 2.04 bits per heavy atom.